The summed E-state index contributed by atoms with van der Waals surface area (Å²) in [6, 6.07) is 15.4. The topological polar surface area (TPSA) is 37.3 Å². The van der Waals surface area contributed by atoms with Gasteiger partial charge < -0.3 is 14.8 Å². The van der Waals surface area contributed by atoms with E-state index in [1.807, 2.05) is 41.1 Å². The Hall–Kier alpha value is -3.15. The molecule has 0 radical (unpaired) electrons. The molecule has 27 heavy (non-hydrogen) atoms. The van der Waals surface area contributed by atoms with Crippen molar-refractivity contribution in [3.05, 3.63) is 89.8 Å². The third-order valence-corrected chi connectivity index (χ3v) is 4.80. The molecule has 0 spiro atoms. The molecule has 4 nitrogen and oxygen atoms in total. The zero-order chi connectivity index (χ0) is 18.8. The zero-order valence-electron chi connectivity index (χ0n) is 14.6. The van der Waals surface area contributed by atoms with Crippen LogP contribution in [0.1, 0.15) is 23.7 Å². The van der Waals surface area contributed by atoms with Gasteiger partial charge in [-0.3, -0.25) is 0 Å². The van der Waals surface area contributed by atoms with E-state index in [4.69, 9.17) is 0 Å². The number of anilines is 1. The first-order valence-electron chi connectivity index (χ1n) is 8.86. The molecular weight excluding hydrogens is 348 g/mol. The number of hydrogen-bond acceptors (Lipinski definition) is 1. The van der Waals surface area contributed by atoms with Crippen LogP contribution in [-0.2, 0) is 6.54 Å². The van der Waals surface area contributed by atoms with Crippen LogP contribution in [0.4, 0.5) is 19.3 Å². The average Bonchev–Trinajstić information content (AvgIpc) is 3.04. The summed E-state index contributed by atoms with van der Waals surface area (Å²) in [4.78, 5) is 14.6. The fraction of sp³-hybridized carbons (Fsp3) is 0.190. The number of nitrogens with zero attached hydrogens (tertiary/aromatic N) is 2. The fourth-order valence-electron chi connectivity index (χ4n) is 3.57. The molecule has 4 rings (SSSR count). The number of aromatic nitrogens is 1. The van der Waals surface area contributed by atoms with Crippen LogP contribution in [0.3, 0.4) is 0 Å². The van der Waals surface area contributed by atoms with Gasteiger partial charge in [-0.05, 0) is 36.8 Å². The van der Waals surface area contributed by atoms with E-state index >= 15 is 0 Å². The predicted molar refractivity (Wildman–Crippen MR) is 99.4 cm³/mol. The Morgan fingerprint density at radius 1 is 1.00 bits per heavy atom. The number of para-hydroxylation sites is 1. The van der Waals surface area contributed by atoms with E-state index in [0.29, 0.717) is 12.2 Å². The predicted octanol–water partition coefficient (Wildman–Crippen LogP) is 4.79. The van der Waals surface area contributed by atoms with Crippen molar-refractivity contribution in [1.29, 1.82) is 0 Å². The maximum atomic E-state index is 14.6. The van der Waals surface area contributed by atoms with Crippen LogP contribution in [0, 0.1) is 11.6 Å². The maximum absolute atomic E-state index is 14.6. The molecule has 6 heteroatoms. The third-order valence-electron chi connectivity index (χ3n) is 4.80. The van der Waals surface area contributed by atoms with Crippen molar-refractivity contribution in [1.82, 2.24) is 9.47 Å². The second-order valence-electron chi connectivity index (χ2n) is 6.54. The first kappa shape index (κ1) is 17.3. The van der Waals surface area contributed by atoms with Crippen molar-refractivity contribution >= 4 is 11.7 Å². The quantitative estimate of drug-likeness (QED) is 0.694. The van der Waals surface area contributed by atoms with Gasteiger partial charge in [0.25, 0.3) is 0 Å². The Morgan fingerprint density at radius 3 is 2.59 bits per heavy atom. The lowest BCUT2D eigenvalue weighted by molar-refractivity contribution is 0.198. The van der Waals surface area contributed by atoms with Crippen LogP contribution in [0.5, 0.6) is 0 Å². The highest BCUT2D eigenvalue weighted by molar-refractivity contribution is 5.89. The average molecular weight is 367 g/mol. The van der Waals surface area contributed by atoms with Gasteiger partial charge in [-0.15, -0.1) is 0 Å². The Balaban J connectivity index is 1.75. The Kier molecular flexibility index (Phi) is 4.62. The molecular formula is C21H19F2N3O. The summed E-state index contributed by atoms with van der Waals surface area (Å²) in [6.07, 6.45) is 2.66. The standard InChI is InChI=1S/C21H19F2N3O/c22-15-9-10-17(18(23)14-15)20-19-8-4-11-25(19)12-5-13-26(20)21(27)24-16-6-2-1-3-7-16/h1-4,6-11,14,20H,5,12-13H2,(H,24,27). The second-order valence-corrected chi connectivity index (χ2v) is 6.54. The summed E-state index contributed by atoms with van der Waals surface area (Å²) in [5.74, 6) is -1.30. The lowest BCUT2D eigenvalue weighted by Gasteiger charge is -2.31. The minimum atomic E-state index is -0.660. The molecule has 0 saturated heterocycles. The molecule has 1 N–H and O–H groups in total. The van der Waals surface area contributed by atoms with Crippen molar-refractivity contribution in [3.8, 4) is 0 Å². The van der Waals surface area contributed by atoms with Crippen molar-refractivity contribution in [2.24, 2.45) is 0 Å². The van der Waals surface area contributed by atoms with Crippen LogP contribution in [0.15, 0.2) is 66.9 Å². The van der Waals surface area contributed by atoms with Crippen molar-refractivity contribution in [2.45, 2.75) is 19.0 Å². The summed E-state index contributed by atoms with van der Waals surface area (Å²) >= 11 is 0. The lowest BCUT2D eigenvalue weighted by Crippen LogP contribution is -2.39. The molecule has 2 amide bonds. The van der Waals surface area contributed by atoms with Crippen LogP contribution < -0.4 is 5.32 Å². The number of nitrogens with one attached hydrogen (secondary N) is 1. The summed E-state index contributed by atoms with van der Waals surface area (Å²) < 4.78 is 30.1. The minimum Gasteiger partial charge on any atom is -0.349 e. The Labute approximate surface area is 156 Å². The molecule has 138 valence electrons. The highest BCUT2D eigenvalue weighted by atomic mass is 19.1. The van der Waals surface area contributed by atoms with Gasteiger partial charge in [0, 0.05) is 42.3 Å². The Bertz CT molecular complexity index is 955. The van der Waals surface area contributed by atoms with Crippen molar-refractivity contribution < 1.29 is 13.6 Å². The molecule has 0 saturated carbocycles. The molecule has 1 aromatic heterocycles. The minimum absolute atomic E-state index is 0.279. The van der Waals surface area contributed by atoms with Crippen LogP contribution in [0.2, 0.25) is 0 Å². The van der Waals surface area contributed by atoms with Gasteiger partial charge in [-0.25, -0.2) is 13.6 Å². The van der Waals surface area contributed by atoms with E-state index in [1.165, 1.54) is 12.1 Å². The molecule has 1 aliphatic heterocycles. The van der Waals surface area contributed by atoms with Crippen molar-refractivity contribution in [2.75, 3.05) is 11.9 Å². The monoisotopic (exact) mass is 367 g/mol. The number of benzene rings is 2. The molecule has 1 atom stereocenters. The van der Waals surface area contributed by atoms with Gasteiger partial charge >= 0.3 is 6.03 Å². The fourth-order valence-corrected chi connectivity index (χ4v) is 3.57. The number of urea groups is 1. The van der Waals surface area contributed by atoms with E-state index < -0.39 is 17.7 Å². The number of amides is 2. The third kappa shape index (κ3) is 3.43. The number of rotatable bonds is 2. The molecule has 1 aliphatic rings. The van der Waals surface area contributed by atoms with E-state index in [1.54, 1.807) is 17.0 Å². The molecule has 2 aromatic carbocycles. The molecule has 0 fully saturated rings. The van der Waals surface area contributed by atoms with Gasteiger partial charge in [0.2, 0.25) is 0 Å². The smallest absolute Gasteiger partial charge is 0.322 e. The summed E-state index contributed by atoms with van der Waals surface area (Å²) in [6.45, 7) is 1.19. The van der Waals surface area contributed by atoms with Gasteiger partial charge in [0.05, 0.1) is 0 Å². The summed E-state index contributed by atoms with van der Waals surface area (Å²) in [5.41, 5.74) is 1.75. The number of carbonyl (C=O) groups is 1. The van der Waals surface area contributed by atoms with E-state index in [2.05, 4.69) is 5.32 Å². The molecule has 0 bridgehead atoms. The SMILES string of the molecule is O=C(Nc1ccccc1)N1CCCn2cccc2C1c1ccc(F)cc1F. The first-order chi connectivity index (χ1) is 13.1. The molecule has 0 aliphatic carbocycles. The van der Waals surface area contributed by atoms with Crippen molar-refractivity contribution in [3.63, 3.8) is 0 Å². The number of hydrogen-bond donors (Lipinski definition) is 1. The van der Waals surface area contributed by atoms with E-state index in [9.17, 15) is 13.6 Å². The normalized spacial score (nSPS) is 16.5. The van der Waals surface area contributed by atoms with Crippen LogP contribution in [0.25, 0.3) is 0 Å². The highest BCUT2D eigenvalue weighted by Gasteiger charge is 2.32. The van der Waals surface area contributed by atoms with Crippen LogP contribution in [-0.4, -0.2) is 22.0 Å². The van der Waals surface area contributed by atoms with E-state index in [0.717, 1.165) is 24.7 Å². The lowest BCUT2D eigenvalue weighted by atomic mass is 10.0. The molecule has 3 aromatic rings. The maximum Gasteiger partial charge on any atom is 0.322 e. The van der Waals surface area contributed by atoms with E-state index in [-0.39, 0.29) is 11.6 Å². The van der Waals surface area contributed by atoms with Gasteiger partial charge in [-0.2, -0.15) is 0 Å². The zero-order valence-corrected chi connectivity index (χ0v) is 14.6. The van der Waals surface area contributed by atoms with Gasteiger partial charge in [0.1, 0.15) is 17.7 Å². The summed E-state index contributed by atoms with van der Waals surface area (Å²) in [7, 11) is 0. The number of fused-ring (bicyclic) bond motifs is 1. The first-order valence-corrected chi connectivity index (χ1v) is 8.86. The summed E-state index contributed by atoms with van der Waals surface area (Å²) in [5, 5.41) is 2.87. The van der Waals surface area contributed by atoms with Gasteiger partial charge in [-0.1, -0.05) is 24.3 Å². The second kappa shape index (κ2) is 7.23. The van der Waals surface area contributed by atoms with Gasteiger partial charge in [0.15, 0.2) is 0 Å². The number of halogens is 2. The molecule has 1 unspecified atom stereocenters. The number of carbonyl (C=O) groups excluding carboxylic acids is 1. The molecule has 2 heterocycles. The number of aryl methyl sites for hydroxylation is 1. The largest absolute Gasteiger partial charge is 0.349 e. The van der Waals surface area contributed by atoms with Crippen LogP contribution >= 0.6 is 0 Å². The Morgan fingerprint density at radius 2 is 1.81 bits per heavy atom. The highest BCUT2D eigenvalue weighted by Crippen LogP contribution is 2.34.